The van der Waals surface area contributed by atoms with Gasteiger partial charge in [-0.3, -0.25) is 10.1 Å². The second-order valence-electron chi connectivity index (χ2n) is 4.75. The second kappa shape index (κ2) is 6.60. The molecule has 0 aromatic heterocycles. The van der Waals surface area contributed by atoms with Crippen LogP contribution < -0.4 is 11.1 Å². The van der Waals surface area contributed by atoms with Crippen molar-refractivity contribution in [2.75, 3.05) is 11.9 Å². The molecule has 0 aliphatic rings. The number of hydrogen-bond acceptors (Lipinski definition) is 4. The van der Waals surface area contributed by atoms with E-state index in [9.17, 15) is 18.9 Å². The molecule has 5 nitrogen and oxygen atoms in total. The highest BCUT2D eigenvalue weighted by atomic mass is 19.3. The lowest BCUT2D eigenvalue weighted by Crippen LogP contribution is -2.45. The van der Waals surface area contributed by atoms with E-state index in [0.29, 0.717) is 19.4 Å². The number of nitro benzene ring substituents is 1. The molecule has 20 heavy (non-hydrogen) atoms. The number of alkyl halides is 2. The molecule has 7 heteroatoms. The number of hydrogen-bond donors (Lipinski definition) is 2. The number of nitrogens with zero attached hydrogens (tertiary/aromatic N) is 1. The largest absolute Gasteiger partial charge is 0.383 e. The van der Waals surface area contributed by atoms with Crippen LogP contribution in [0.1, 0.15) is 38.7 Å². The lowest BCUT2D eigenvalue weighted by Gasteiger charge is -2.28. The second-order valence-corrected chi connectivity index (χ2v) is 4.75. The Balaban J connectivity index is 2.98. The zero-order valence-electron chi connectivity index (χ0n) is 11.5. The van der Waals surface area contributed by atoms with E-state index in [4.69, 9.17) is 5.73 Å². The number of nitro groups is 1. The maximum atomic E-state index is 13.0. The van der Waals surface area contributed by atoms with Crippen LogP contribution in [0.25, 0.3) is 0 Å². The van der Waals surface area contributed by atoms with Gasteiger partial charge in [-0.25, -0.2) is 8.78 Å². The molecule has 1 rings (SSSR count). The van der Waals surface area contributed by atoms with Crippen LogP contribution >= 0.6 is 0 Å². The minimum Gasteiger partial charge on any atom is -0.383 e. The van der Waals surface area contributed by atoms with E-state index >= 15 is 0 Å². The molecule has 0 saturated carbocycles. The Hall–Kier alpha value is -1.76. The molecule has 0 radical (unpaired) electrons. The molecule has 3 N–H and O–H groups in total. The molecule has 0 amide bonds. The van der Waals surface area contributed by atoms with Crippen LogP contribution in [0, 0.1) is 10.1 Å². The van der Waals surface area contributed by atoms with Crippen LogP contribution in [0.15, 0.2) is 18.2 Å². The van der Waals surface area contributed by atoms with E-state index in [0.717, 1.165) is 6.07 Å². The highest BCUT2D eigenvalue weighted by Gasteiger charge is 2.22. The maximum absolute atomic E-state index is 13.0. The zero-order chi connectivity index (χ0) is 15.3. The van der Waals surface area contributed by atoms with Crippen molar-refractivity contribution in [3.8, 4) is 0 Å². The Morgan fingerprint density at radius 2 is 2.00 bits per heavy atom. The van der Waals surface area contributed by atoms with Gasteiger partial charge < -0.3 is 11.1 Å². The van der Waals surface area contributed by atoms with Crippen LogP contribution in [0.2, 0.25) is 0 Å². The third kappa shape index (κ3) is 3.86. The molecule has 0 fully saturated rings. The molecule has 1 aromatic rings. The van der Waals surface area contributed by atoms with Crippen LogP contribution in [-0.2, 0) is 0 Å². The topological polar surface area (TPSA) is 81.2 Å². The fraction of sp³-hybridized carbons (Fsp3) is 0.538. The molecular formula is C13H19F2N3O2. The minimum atomic E-state index is -2.78. The Kier molecular flexibility index (Phi) is 5.38. The number of non-ortho nitro benzene ring substituents is 1. The van der Waals surface area contributed by atoms with Gasteiger partial charge in [-0.1, -0.05) is 13.8 Å². The molecule has 0 unspecified atom stereocenters. The monoisotopic (exact) mass is 287 g/mol. The minimum absolute atomic E-state index is 0.183. The summed E-state index contributed by atoms with van der Waals surface area (Å²) in [5.74, 6) is 0. The Labute approximate surface area is 116 Å². The lowest BCUT2D eigenvalue weighted by atomic mass is 9.94. The first-order valence-corrected chi connectivity index (χ1v) is 6.42. The smallest absolute Gasteiger partial charge is 0.270 e. The fourth-order valence-corrected chi connectivity index (χ4v) is 1.78. The van der Waals surface area contributed by atoms with Crippen molar-refractivity contribution < 1.29 is 13.7 Å². The van der Waals surface area contributed by atoms with Gasteiger partial charge in [0.25, 0.3) is 12.1 Å². The lowest BCUT2D eigenvalue weighted by molar-refractivity contribution is -0.385. The van der Waals surface area contributed by atoms with E-state index in [-0.39, 0.29) is 16.9 Å². The summed E-state index contributed by atoms with van der Waals surface area (Å²) in [6.07, 6.45) is -1.38. The van der Waals surface area contributed by atoms with Gasteiger partial charge in [-0.05, 0) is 18.9 Å². The van der Waals surface area contributed by atoms with Crippen LogP contribution in [0.5, 0.6) is 0 Å². The van der Waals surface area contributed by atoms with Gasteiger partial charge in [0.05, 0.1) is 4.92 Å². The van der Waals surface area contributed by atoms with Crippen molar-refractivity contribution in [3.05, 3.63) is 33.9 Å². The van der Waals surface area contributed by atoms with Gasteiger partial charge in [-0.2, -0.15) is 0 Å². The number of rotatable bonds is 7. The van der Waals surface area contributed by atoms with E-state index < -0.39 is 16.9 Å². The van der Waals surface area contributed by atoms with Gasteiger partial charge in [-0.15, -0.1) is 0 Å². The fourth-order valence-electron chi connectivity index (χ4n) is 1.78. The van der Waals surface area contributed by atoms with Crippen molar-refractivity contribution in [1.29, 1.82) is 0 Å². The maximum Gasteiger partial charge on any atom is 0.270 e. The molecule has 0 aliphatic carbocycles. The average Bonchev–Trinajstić information content (AvgIpc) is 2.44. The summed E-state index contributed by atoms with van der Waals surface area (Å²) in [6, 6.07) is 3.39. The van der Waals surface area contributed by atoms with Gasteiger partial charge in [0.2, 0.25) is 0 Å². The summed E-state index contributed by atoms with van der Waals surface area (Å²) in [5, 5.41) is 13.5. The molecule has 112 valence electrons. The van der Waals surface area contributed by atoms with Crippen molar-refractivity contribution in [2.45, 2.75) is 38.7 Å². The van der Waals surface area contributed by atoms with Gasteiger partial charge in [0.15, 0.2) is 0 Å². The summed E-state index contributed by atoms with van der Waals surface area (Å²) in [5.41, 5.74) is 5.06. The number of nitrogens with one attached hydrogen (secondary N) is 1. The summed E-state index contributed by atoms with van der Waals surface area (Å²) in [6.45, 7) is 4.18. The molecule has 0 bridgehead atoms. The van der Waals surface area contributed by atoms with Crippen molar-refractivity contribution in [3.63, 3.8) is 0 Å². The van der Waals surface area contributed by atoms with Gasteiger partial charge in [0, 0.05) is 35.5 Å². The predicted molar refractivity (Wildman–Crippen MR) is 74.0 cm³/mol. The molecule has 0 saturated heterocycles. The molecule has 0 spiro atoms. The van der Waals surface area contributed by atoms with E-state index in [1.165, 1.54) is 12.1 Å². The van der Waals surface area contributed by atoms with Crippen LogP contribution in [0.3, 0.4) is 0 Å². The third-order valence-corrected chi connectivity index (χ3v) is 3.52. The van der Waals surface area contributed by atoms with Crippen LogP contribution in [-0.4, -0.2) is 17.0 Å². The van der Waals surface area contributed by atoms with Crippen LogP contribution in [0.4, 0.5) is 20.2 Å². The first-order chi connectivity index (χ1) is 9.33. The summed E-state index contributed by atoms with van der Waals surface area (Å²) in [7, 11) is 0. The zero-order valence-corrected chi connectivity index (χ0v) is 11.5. The van der Waals surface area contributed by atoms with E-state index in [2.05, 4.69) is 5.32 Å². The number of halogens is 2. The first-order valence-electron chi connectivity index (χ1n) is 6.42. The quantitative estimate of drug-likeness (QED) is 0.594. The number of benzene rings is 1. The summed E-state index contributed by atoms with van der Waals surface area (Å²) >= 11 is 0. The van der Waals surface area contributed by atoms with E-state index in [1.807, 2.05) is 13.8 Å². The molecule has 0 aliphatic heterocycles. The Morgan fingerprint density at radius 1 is 1.40 bits per heavy atom. The summed E-state index contributed by atoms with van der Waals surface area (Å²) in [4.78, 5) is 9.92. The van der Waals surface area contributed by atoms with Crippen molar-refractivity contribution >= 4 is 11.4 Å². The number of anilines is 1. The Morgan fingerprint density at radius 3 is 2.45 bits per heavy atom. The molecular weight excluding hydrogens is 268 g/mol. The van der Waals surface area contributed by atoms with E-state index in [1.54, 1.807) is 0 Å². The molecule has 0 atom stereocenters. The average molecular weight is 287 g/mol. The van der Waals surface area contributed by atoms with Crippen molar-refractivity contribution in [2.24, 2.45) is 5.73 Å². The Bertz CT molecular complexity index is 477. The highest BCUT2D eigenvalue weighted by molar-refractivity contribution is 5.56. The third-order valence-electron chi connectivity index (χ3n) is 3.52. The predicted octanol–water partition coefficient (Wildman–Crippen LogP) is 3.46. The molecule has 0 heterocycles. The normalized spacial score (nSPS) is 11.7. The van der Waals surface area contributed by atoms with Gasteiger partial charge >= 0.3 is 0 Å². The van der Waals surface area contributed by atoms with Crippen molar-refractivity contribution in [1.82, 2.24) is 0 Å². The summed E-state index contributed by atoms with van der Waals surface area (Å²) < 4.78 is 25.9. The first kappa shape index (κ1) is 16.3. The SMILES string of the molecule is CCC(N)(CC)CNc1ccc([N+](=O)[O-])cc1C(F)F. The standard InChI is InChI=1S/C13H19F2N3O2/c1-3-13(16,4-2)8-17-11-6-5-9(18(19)20)7-10(11)12(14)15/h5-7,12,17H,3-4,8,16H2,1-2H3. The number of nitrogens with two attached hydrogens (primary N) is 1. The molecule has 1 aromatic carbocycles. The highest BCUT2D eigenvalue weighted by Crippen LogP contribution is 2.31. The van der Waals surface area contributed by atoms with Gasteiger partial charge in [0.1, 0.15) is 0 Å².